The van der Waals surface area contributed by atoms with Gasteiger partial charge in [-0.15, -0.1) is 0 Å². The van der Waals surface area contributed by atoms with Crippen molar-refractivity contribution in [1.29, 1.82) is 0 Å². The van der Waals surface area contributed by atoms with Crippen LogP contribution in [0, 0.1) is 0 Å². The average molecular weight is 399 g/mol. The van der Waals surface area contributed by atoms with E-state index in [1.54, 1.807) is 0 Å². The molecule has 0 amide bonds. The van der Waals surface area contributed by atoms with E-state index in [4.69, 9.17) is 9.29 Å². The molecule has 0 heterocycles. The quantitative estimate of drug-likeness (QED) is 0.292. The largest absolute Gasteiger partial charge is 0.493 e. The Morgan fingerprint density at radius 1 is 0.963 bits per heavy atom. The molecule has 0 aromatic heterocycles. The Kier molecular flexibility index (Phi) is 11.7. The molecular weight excluding hydrogens is 360 g/mol. The predicted molar refractivity (Wildman–Crippen MR) is 113 cm³/mol. The standard InChI is InChI=1S/C22H38O4S/c1-4-6-8-10-13-20-14-12-16-22(21(20)15-11-9-7-5-2)26-18-17-19(3)27(23,24)25/h12,14,16,19H,4-11,13,15,17-18H2,1-3H3,(H,23,24,25). The molecule has 0 aliphatic carbocycles. The number of hydrogen-bond donors (Lipinski definition) is 1. The van der Waals surface area contributed by atoms with E-state index in [9.17, 15) is 8.42 Å². The lowest BCUT2D eigenvalue weighted by molar-refractivity contribution is 0.303. The SMILES string of the molecule is CCCCCCc1cccc(OCCC(C)S(=O)(=O)O)c1CCCCCC. The van der Waals surface area contributed by atoms with Gasteiger partial charge >= 0.3 is 0 Å². The van der Waals surface area contributed by atoms with Crippen molar-refractivity contribution in [2.24, 2.45) is 0 Å². The topological polar surface area (TPSA) is 63.6 Å². The number of benzene rings is 1. The molecule has 1 atom stereocenters. The number of rotatable bonds is 15. The van der Waals surface area contributed by atoms with Gasteiger partial charge in [0, 0.05) is 6.42 Å². The summed E-state index contributed by atoms with van der Waals surface area (Å²) < 4.78 is 37.4. The fraction of sp³-hybridized carbons (Fsp3) is 0.727. The highest BCUT2D eigenvalue weighted by Crippen LogP contribution is 2.27. The van der Waals surface area contributed by atoms with E-state index < -0.39 is 15.4 Å². The maximum absolute atomic E-state index is 11.2. The van der Waals surface area contributed by atoms with Crippen LogP contribution in [-0.4, -0.2) is 24.8 Å². The van der Waals surface area contributed by atoms with Crippen LogP contribution in [0.15, 0.2) is 18.2 Å². The second kappa shape index (κ2) is 13.2. The molecule has 1 aromatic rings. The minimum absolute atomic E-state index is 0.287. The zero-order valence-corrected chi connectivity index (χ0v) is 18.2. The molecule has 4 nitrogen and oxygen atoms in total. The van der Waals surface area contributed by atoms with Crippen molar-refractivity contribution in [3.05, 3.63) is 29.3 Å². The molecule has 1 rings (SSSR count). The van der Waals surface area contributed by atoms with Gasteiger partial charge in [-0.05, 0) is 49.8 Å². The van der Waals surface area contributed by atoms with Crippen molar-refractivity contribution in [2.75, 3.05) is 6.61 Å². The summed E-state index contributed by atoms with van der Waals surface area (Å²) in [6.45, 7) is 6.24. The summed E-state index contributed by atoms with van der Waals surface area (Å²) in [7, 11) is -3.99. The maximum Gasteiger partial charge on any atom is 0.267 e. The van der Waals surface area contributed by atoms with Gasteiger partial charge in [0.05, 0.1) is 11.9 Å². The number of hydrogen-bond acceptors (Lipinski definition) is 3. The number of unbranched alkanes of at least 4 members (excludes halogenated alkanes) is 6. The van der Waals surface area contributed by atoms with Gasteiger partial charge in [0.2, 0.25) is 0 Å². The van der Waals surface area contributed by atoms with Gasteiger partial charge < -0.3 is 4.74 Å². The van der Waals surface area contributed by atoms with Crippen molar-refractivity contribution in [2.45, 2.75) is 96.7 Å². The van der Waals surface area contributed by atoms with E-state index >= 15 is 0 Å². The summed E-state index contributed by atoms with van der Waals surface area (Å²) in [5.41, 5.74) is 2.65. The molecule has 1 aromatic carbocycles. The predicted octanol–water partition coefficient (Wildman–Crippen LogP) is 5.98. The first-order valence-electron chi connectivity index (χ1n) is 10.6. The van der Waals surface area contributed by atoms with Crippen LogP contribution in [0.25, 0.3) is 0 Å². The van der Waals surface area contributed by atoms with Gasteiger partial charge in [0.15, 0.2) is 0 Å². The van der Waals surface area contributed by atoms with E-state index in [0.717, 1.165) is 25.0 Å². The summed E-state index contributed by atoms with van der Waals surface area (Å²) in [4.78, 5) is 0. The minimum Gasteiger partial charge on any atom is -0.493 e. The molecule has 0 radical (unpaired) electrons. The first-order chi connectivity index (χ1) is 12.9. The van der Waals surface area contributed by atoms with Crippen molar-refractivity contribution in [3.63, 3.8) is 0 Å². The fourth-order valence-electron chi connectivity index (χ4n) is 3.22. The molecule has 1 unspecified atom stereocenters. The normalized spacial score (nSPS) is 12.9. The van der Waals surface area contributed by atoms with Crippen LogP contribution in [0.1, 0.15) is 89.7 Å². The van der Waals surface area contributed by atoms with Crippen LogP contribution in [-0.2, 0) is 23.0 Å². The van der Waals surface area contributed by atoms with Crippen LogP contribution in [0.3, 0.4) is 0 Å². The zero-order chi connectivity index (χ0) is 20.1. The Morgan fingerprint density at radius 2 is 1.59 bits per heavy atom. The highest BCUT2D eigenvalue weighted by atomic mass is 32.2. The molecule has 0 saturated carbocycles. The van der Waals surface area contributed by atoms with E-state index in [1.807, 2.05) is 12.1 Å². The third-order valence-electron chi connectivity index (χ3n) is 5.10. The summed E-state index contributed by atoms with van der Waals surface area (Å²) in [6.07, 6.45) is 12.2. The molecule has 0 saturated heterocycles. The molecule has 0 aliphatic rings. The molecule has 156 valence electrons. The van der Waals surface area contributed by atoms with Gasteiger partial charge in [0.25, 0.3) is 10.1 Å². The van der Waals surface area contributed by atoms with Gasteiger partial charge in [-0.1, -0.05) is 64.5 Å². The first-order valence-corrected chi connectivity index (χ1v) is 12.1. The van der Waals surface area contributed by atoms with Crippen LogP contribution < -0.4 is 4.74 Å². The minimum atomic E-state index is -3.99. The van der Waals surface area contributed by atoms with Crippen molar-refractivity contribution in [1.82, 2.24) is 0 Å². The molecular formula is C22H38O4S. The Hall–Kier alpha value is -1.07. The molecule has 0 spiro atoms. The van der Waals surface area contributed by atoms with E-state index in [-0.39, 0.29) is 6.42 Å². The average Bonchev–Trinajstić information content (AvgIpc) is 2.62. The third kappa shape index (κ3) is 9.61. The lowest BCUT2D eigenvalue weighted by Crippen LogP contribution is -2.19. The highest BCUT2D eigenvalue weighted by Gasteiger charge is 2.17. The summed E-state index contributed by atoms with van der Waals surface area (Å²) >= 11 is 0. The molecule has 5 heteroatoms. The van der Waals surface area contributed by atoms with Gasteiger partial charge in [-0.3, -0.25) is 4.55 Å². The Labute approximate surface area is 166 Å². The van der Waals surface area contributed by atoms with Crippen LogP contribution in [0.5, 0.6) is 5.75 Å². The maximum atomic E-state index is 11.2. The van der Waals surface area contributed by atoms with Crippen LogP contribution in [0.2, 0.25) is 0 Å². The van der Waals surface area contributed by atoms with Crippen molar-refractivity contribution >= 4 is 10.1 Å². The van der Waals surface area contributed by atoms with E-state index in [1.165, 1.54) is 63.0 Å². The van der Waals surface area contributed by atoms with Crippen LogP contribution >= 0.6 is 0 Å². The summed E-state index contributed by atoms with van der Waals surface area (Å²) in [5.74, 6) is 0.877. The lowest BCUT2D eigenvalue weighted by Gasteiger charge is -2.17. The molecule has 0 aliphatic heterocycles. The van der Waals surface area contributed by atoms with E-state index in [2.05, 4.69) is 19.9 Å². The summed E-state index contributed by atoms with van der Waals surface area (Å²) in [6, 6.07) is 6.23. The molecule has 1 N–H and O–H groups in total. The molecule has 27 heavy (non-hydrogen) atoms. The monoisotopic (exact) mass is 398 g/mol. The molecule has 0 bridgehead atoms. The summed E-state index contributed by atoms with van der Waals surface area (Å²) in [5, 5.41) is -0.803. The van der Waals surface area contributed by atoms with Crippen molar-refractivity contribution < 1.29 is 17.7 Å². The highest BCUT2D eigenvalue weighted by molar-refractivity contribution is 7.86. The van der Waals surface area contributed by atoms with Gasteiger partial charge in [0.1, 0.15) is 5.75 Å². The number of aryl methyl sites for hydroxylation is 1. The van der Waals surface area contributed by atoms with Crippen LogP contribution in [0.4, 0.5) is 0 Å². The van der Waals surface area contributed by atoms with Gasteiger partial charge in [-0.25, -0.2) is 0 Å². The van der Waals surface area contributed by atoms with E-state index in [0.29, 0.717) is 6.61 Å². The third-order valence-corrected chi connectivity index (χ3v) is 6.35. The Morgan fingerprint density at radius 3 is 2.19 bits per heavy atom. The fourth-order valence-corrected chi connectivity index (χ4v) is 3.61. The second-order valence-corrected chi connectivity index (χ2v) is 9.31. The van der Waals surface area contributed by atoms with Crippen molar-refractivity contribution in [3.8, 4) is 5.75 Å². The lowest BCUT2D eigenvalue weighted by atomic mass is 9.96. The smallest absolute Gasteiger partial charge is 0.267 e. The second-order valence-electron chi connectivity index (χ2n) is 7.48. The van der Waals surface area contributed by atoms with Gasteiger partial charge in [-0.2, -0.15) is 8.42 Å². The Bertz CT molecular complexity index is 625. The number of ether oxygens (including phenoxy) is 1. The Balaban J connectivity index is 2.76. The first kappa shape index (κ1) is 24.0. The molecule has 0 fully saturated rings. The zero-order valence-electron chi connectivity index (χ0n) is 17.4.